The van der Waals surface area contributed by atoms with E-state index in [9.17, 15) is 18.0 Å². The van der Waals surface area contributed by atoms with Crippen molar-refractivity contribution in [2.24, 2.45) is 0 Å². The van der Waals surface area contributed by atoms with Gasteiger partial charge in [-0.25, -0.2) is 0 Å². The maximum absolute atomic E-state index is 13.3. The number of anilines is 2. The molecule has 2 heterocycles. The SMILES string of the molecule is Cc1cccc(-n2nnnc2SCC(=O)Nc2cc(C(F)(F)F)ccc2N2CCOCC2)c1. The Morgan fingerprint density at radius 2 is 1.97 bits per heavy atom. The summed E-state index contributed by atoms with van der Waals surface area (Å²) in [6.45, 7) is 3.91. The molecule has 1 fully saturated rings. The van der Waals surface area contributed by atoms with Gasteiger partial charge in [0.2, 0.25) is 11.1 Å². The Bertz CT molecular complexity index is 1130. The molecule has 3 aromatic rings. The molecule has 0 atom stereocenters. The molecule has 0 unspecified atom stereocenters. The van der Waals surface area contributed by atoms with Crippen molar-refractivity contribution >= 4 is 29.0 Å². The summed E-state index contributed by atoms with van der Waals surface area (Å²) < 4.78 is 46.6. The summed E-state index contributed by atoms with van der Waals surface area (Å²) in [7, 11) is 0. The van der Waals surface area contributed by atoms with Crippen molar-refractivity contribution in [2.45, 2.75) is 18.3 Å². The van der Waals surface area contributed by atoms with E-state index in [4.69, 9.17) is 4.74 Å². The number of halogens is 3. The third kappa shape index (κ3) is 5.63. The summed E-state index contributed by atoms with van der Waals surface area (Å²) in [5.74, 6) is -0.544. The van der Waals surface area contributed by atoms with Crippen LogP contribution in [0.1, 0.15) is 11.1 Å². The molecule has 1 aromatic heterocycles. The Morgan fingerprint density at radius 3 is 2.70 bits per heavy atom. The third-order valence-electron chi connectivity index (χ3n) is 4.97. The van der Waals surface area contributed by atoms with E-state index >= 15 is 0 Å². The van der Waals surface area contributed by atoms with Gasteiger partial charge in [0.1, 0.15) is 0 Å². The van der Waals surface area contributed by atoms with Crippen LogP contribution in [0.2, 0.25) is 0 Å². The Hall–Kier alpha value is -3.12. The first-order chi connectivity index (χ1) is 15.8. The molecule has 33 heavy (non-hydrogen) atoms. The van der Waals surface area contributed by atoms with E-state index in [0.29, 0.717) is 37.1 Å². The number of aryl methyl sites for hydroxylation is 1. The lowest BCUT2D eigenvalue weighted by Crippen LogP contribution is -2.37. The summed E-state index contributed by atoms with van der Waals surface area (Å²) in [4.78, 5) is 14.6. The monoisotopic (exact) mass is 478 g/mol. The Balaban J connectivity index is 1.50. The van der Waals surface area contributed by atoms with Gasteiger partial charge >= 0.3 is 6.18 Å². The van der Waals surface area contributed by atoms with Gasteiger partial charge in [0, 0.05) is 13.1 Å². The number of rotatable bonds is 6. The highest BCUT2D eigenvalue weighted by atomic mass is 32.2. The molecule has 1 aliphatic heterocycles. The first kappa shape index (κ1) is 23.1. The highest BCUT2D eigenvalue weighted by molar-refractivity contribution is 7.99. The molecule has 12 heteroatoms. The standard InChI is InChI=1S/C21H21F3N6O2S/c1-14-3-2-4-16(11-14)30-20(26-27-28-30)33-13-19(31)25-17-12-15(21(22,23)24)5-6-18(17)29-7-9-32-10-8-29/h2-6,11-12H,7-10,13H2,1H3,(H,25,31). The molecule has 1 saturated heterocycles. The third-order valence-corrected chi connectivity index (χ3v) is 5.89. The van der Waals surface area contributed by atoms with Gasteiger partial charge in [0.25, 0.3) is 0 Å². The fraction of sp³-hybridized carbons (Fsp3) is 0.333. The van der Waals surface area contributed by atoms with Crippen molar-refractivity contribution in [2.75, 3.05) is 42.3 Å². The van der Waals surface area contributed by atoms with Crippen molar-refractivity contribution in [3.05, 3.63) is 53.6 Å². The number of amides is 1. The van der Waals surface area contributed by atoms with Crippen LogP contribution in [0.5, 0.6) is 0 Å². The molecule has 8 nitrogen and oxygen atoms in total. The average molecular weight is 479 g/mol. The highest BCUT2D eigenvalue weighted by Crippen LogP contribution is 2.36. The number of hydrogen-bond acceptors (Lipinski definition) is 7. The summed E-state index contributed by atoms with van der Waals surface area (Å²) in [6, 6.07) is 10.9. The molecule has 1 N–H and O–H groups in total. The number of carbonyl (C=O) groups excluding carboxylic acids is 1. The van der Waals surface area contributed by atoms with Crippen LogP contribution >= 0.6 is 11.8 Å². The second-order valence-electron chi connectivity index (χ2n) is 7.38. The van der Waals surface area contributed by atoms with E-state index in [1.807, 2.05) is 36.1 Å². The van der Waals surface area contributed by atoms with E-state index in [2.05, 4.69) is 20.8 Å². The Morgan fingerprint density at radius 1 is 1.18 bits per heavy atom. The number of thioether (sulfide) groups is 1. The number of nitrogens with zero attached hydrogens (tertiary/aromatic N) is 5. The predicted octanol–water partition coefficient (Wildman–Crippen LogP) is 3.56. The lowest BCUT2D eigenvalue weighted by atomic mass is 10.1. The van der Waals surface area contributed by atoms with Gasteiger partial charge in [-0.3, -0.25) is 4.79 Å². The van der Waals surface area contributed by atoms with Crippen LogP contribution in [-0.4, -0.2) is 58.2 Å². The molecular weight excluding hydrogens is 457 g/mol. The number of aromatic nitrogens is 4. The normalized spacial score (nSPS) is 14.4. The average Bonchev–Trinajstić information content (AvgIpc) is 3.26. The number of benzene rings is 2. The molecule has 2 aromatic carbocycles. The zero-order valence-corrected chi connectivity index (χ0v) is 18.5. The van der Waals surface area contributed by atoms with Crippen molar-refractivity contribution < 1.29 is 22.7 Å². The van der Waals surface area contributed by atoms with Gasteiger partial charge in [-0.05, 0) is 53.2 Å². The largest absolute Gasteiger partial charge is 0.416 e. The van der Waals surface area contributed by atoms with Crippen molar-refractivity contribution in [3.8, 4) is 5.69 Å². The minimum atomic E-state index is -4.52. The number of tetrazole rings is 1. The molecule has 0 radical (unpaired) electrons. The van der Waals surface area contributed by atoms with Crippen molar-refractivity contribution in [1.82, 2.24) is 20.2 Å². The zero-order valence-electron chi connectivity index (χ0n) is 17.7. The van der Waals surface area contributed by atoms with Gasteiger partial charge in [-0.15, -0.1) is 5.10 Å². The smallest absolute Gasteiger partial charge is 0.378 e. The van der Waals surface area contributed by atoms with E-state index in [1.54, 1.807) is 0 Å². The van der Waals surface area contributed by atoms with Crippen LogP contribution < -0.4 is 10.2 Å². The maximum Gasteiger partial charge on any atom is 0.416 e. The number of alkyl halides is 3. The van der Waals surface area contributed by atoms with Crippen LogP contribution in [0, 0.1) is 6.92 Å². The van der Waals surface area contributed by atoms with Crippen LogP contribution in [0.25, 0.3) is 5.69 Å². The van der Waals surface area contributed by atoms with E-state index in [0.717, 1.165) is 35.1 Å². The van der Waals surface area contributed by atoms with Gasteiger partial charge in [-0.2, -0.15) is 17.9 Å². The first-order valence-electron chi connectivity index (χ1n) is 10.1. The summed E-state index contributed by atoms with van der Waals surface area (Å²) in [5.41, 5.74) is 1.57. The summed E-state index contributed by atoms with van der Waals surface area (Å²) in [6.07, 6.45) is -4.52. The molecule has 0 saturated carbocycles. The highest BCUT2D eigenvalue weighted by Gasteiger charge is 2.32. The van der Waals surface area contributed by atoms with Gasteiger partial charge in [0.05, 0.1) is 41.6 Å². The van der Waals surface area contributed by atoms with E-state index in [-0.39, 0.29) is 11.4 Å². The maximum atomic E-state index is 13.3. The number of hydrogen-bond donors (Lipinski definition) is 1. The van der Waals surface area contributed by atoms with Gasteiger partial charge < -0.3 is 15.0 Å². The number of nitrogens with one attached hydrogen (secondary N) is 1. The van der Waals surface area contributed by atoms with E-state index in [1.165, 1.54) is 10.7 Å². The second-order valence-corrected chi connectivity index (χ2v) is 8.32. The summed E-state index contributed by atoms with van der Waals surface area (Å²) in [5, 5.41) is 14.6. The zero-order chi connectivity index (χ0) is 23.4. The molecule has 0 aliphatic carbocycles. The molecule has 1 aliphatic rings. The lowest BCUT2D eigenvalue weighted by Gasteiger charge is -2.31. The van der Waals surface area contributed by atoms with Crippen LogP contribution in [0.4, 0.5) is 24.5 Å². The number of carbonyl (C=O) groups is 1. The lowest BCUT2D eigenvalue weighted by molar-refractivity contribution is -0.137. The van der Waals surface area contributed by atoms with Crippen molar-refractivity contribution in [1.29, 1.82) is 0 Å². The Kier molecular flexibility index (Phi) is 6.84. The minimum absolute atomic E-state index is 0.0784. The topological polar surface area (TPSA) is 85.2 Å². The predicted molar refractivity (Wildman–Crippen MR) is 118 cm³/mol. The number of ether oxygens (including phenoxy) is 1. The molecule has 0 spiro atoms. The van der Waals surface area contributed by atoms with Gasteiger partial charge in [-0.1, -0.05) is 23.9 Å². The molecule has 174 valence electrons. The van der Waals surface area contributed by atoms with Gasteiger partial charge in [0.15, 0.2) is 0 Å². The molecule has 4 rings (SSSR count). The Labute approximate surface area is 192 Å². The van der Waals surface area contributed by atoms with Crippen LogP contribution in [0.3, 0.4) is 0 Å². The fourth-order valence-electron chi connectivity index (χ4n) is 3.40. The molecule has 0 bridgehead atoms. The summed E-state index contributed by atoms with van der Waals surface area (Å²) >= 11 is 1.09. The molecular formula is C21H21F3N6O2S. The first-order valence-corrected chi connectivity index (χ1v) is 11.1. The quantitative estimate of drug-likeness (QED) is 0.543. The van der Waals surface area contributed by atoms with Crippen LogP contribution in [0.15, 0.2) is 47.6 Å². The second kappa shape index (κ2) is 9.79. The van der Waals surface area contributed by atoms with Crippen LogP contribution in [-0.2, 0) is 15.7 Å². The van der Waals surface area contributed by atoms with Crippen molar-refractivity contribution in [3.63, 3.8) is 0 Å². The molecule has 1 amide bonds. The minimum Gasteiger partial charge on any atom is -0.378 e. The number of morpholine rings is 1. The van der Waals surface area contributed by atoms with E-state index < -0.39 is 17.6 Å². The fourth-order valence-corrected chi connectivity index (χ4v) is 4.09.